The first-order chi connectivity index (χ1) is 9.15. The van der Waals surface area contributed by atoms with Gasteiger partial charge >= 0.3 is 0 Å². The maximum atomic E-state index is 13.2. The van der Waals surface area contributed by atoms with E-state index in [9.17, 15) is 4.39 Å². The number of nitrogens with zero attached hydrogens (tertiary/aromatic N) is 3. The van der Waals surface area contributed by atoms with Gasteiger partial charge in [0, 0.05) is 11.3 Å². The SMILES string of the molecule is Cc1c(NN)ncnc1Nc1ccc(F)c(C#N)c1. The van der Waals surface area contributed by atoms with E-state index in [-0.39, 0.29) is 5.56 Å². The zero-order chi connectivity index (χ0) is 13.8. The summed E-state index contributed by atoms with van der Waals surface area (Å²) in [6.07, 6.45) is 1.35. The first-order valence-corrected chi connectivity index (χ1v) is 5.40. The second-order valence-corrected chi connectivity index (χ2v) is 3.77. The minimum Gasteiger partial charge on any atom is -0.340 e. The molecule has 4 N–H and O–H groups in total. The van der Waals surface area contributed by atoms with Crippen molar-refractivity contribution < 1.29 is 4.39 Å². The fourth-order valence-electron chi connectivity index (χ4n) is 1.55. The Balaban J connectivity index is 2.34. The predicted octanol–water partition coefficient (Wildman–Crippen LogP) is 1.82. The summed E-state index contributed by atoms with van der Waals surface area (Å²) in [5, 5.41) is 11.8. The zero-order valence-corrected chi connectivity index (χ0v) is 10.1. The van der Waals surface area contributed by atoms with Crippen molar-refractivity contribution in [3.8, 4) is 6.07 Å². The van der Waals surface area contributed by atoms with Crippen LogP contribution in [0.25, 0.3) is 0 Å². The van der Waals surface area contributed by atoms with Crippen molar-refractivity contribution in [2.24, 2.45) is 5.84 Å². The molecule has 0 saturated carbocycles. The average Bonchev–Trinajstić information content (AvgIpc) is 2.43. The van der Waals surface area contributed by atoms with Crippen LogP contribution in [0.2, 0.25) is 0 Å². The Hall–Kier alpha value is -2.72. The zero-order valence-electron chi connectivity index (χ0n) is 10.1. The lowest BCUT2D eigenvalue weighted by atomic mass is 10.2. The third-order valence-corrected chi connectivity index (χ3v) is 2.57. The molecular formula is C12H11FN6. The molecule has 0 fully saturated rings. The molecule has 0 spiro atoms. The van der Waals surface area contributed by atoms with E-state index in [1.807, 2.05) is 0 Å². The van der Waals surface area contributed by atoms with Crippen molar-refractivity contribution in [2.45, 2.75) is 6.92 Å². The molecule has 1 aromatic carbocycles. The molecule has 0 saturated heterocycles. The summed E-state index contributed by atoms with van der Waals surface area (Å²) in [5.41, 5.74) is 3.69. The molecule has 0 unspecified atom stereocenters. The highest BCUT2D eigenvalue weighted by atomic mass is 19.1. The molecule has 0 aliphatic carbocycles. The van der Waals surface area contributed by atoms with Crippen LogP contribution in [0, 0.1) is 24.1 Å². The molecule has 2 aromatic rings. The lowest BCUT2D eigenvalue weighted by molar-refractivity contribution is 0.624. The van der Waals surface area contributed by atoms with E-state index in [1.165, 1.54) is 24.5 Å². The highest BCUT2D eigenvalue weighted by Crippen LogP contribution is 2.23. The number of anilines is 3. The van der Waals surface area contributed by atoms with Crippen LogP contribution in [-0.4, -0.2) is 9.97 Å². The van der Waals surface area contributed by atoms with Crippen LogP contribution < -0.4 is 16.6 Å². The monoisotopic (exact) mass is 258 g/mol. The van der Waals surface area contributed by atoms with Gasteiger partial charge in [-0.1, -0.05) is 0 Å². The second kappa shape index (κ2) is 5.29. The minimum absolute atomic E-state index is 0.0334. The van der Waals surface area contributed by atoms with Crippen LogP contribution in [-0.2, 0) is 0 Å². The van der Waals surface area contributed by atoms with E-state index in [2.05, 4.69) is 20.7 Å². The number of nitriles is 1. The highest BCUT2D eigenvalue weighted by Gasteiger charge is 2.08. The van der Waals surface area contributed by atoms with Crippen LogP contribution in [0.3, 0.4) is 0 Å². The fourth-order valence-corrected chi connectivity index (χ4v) is 1.55. The lowest BCUT2D eigenvalue weighted by Crippen LogP contribution is -2.11. The molecule has 0 aliphatic heterocycles. The predicted molar refractivity (Wildman–Crippen MR) is 69.0 cm³/mol. The molecule has 6 nitrogen and oxygen atoms in total. The van der Waals surface area contributed by atoms with E-state index in [1.54, 1.807) is 13.0 Å². The molecule has 0 atom stereocenters. The molecule has 0 amide bonds. The Kier molecular flexibility index (Phi) is 3.54. The van der Waals surface area contributed by atoms with Gasteiger partial charge < -0.3 is 10.7 Å². The first kappa shape index (κ1) is 12.7. The summed E-state index contributed by atoms with van der Waals surface area (Å²) in [7, 11) is 0. The smallest absolute Gasteiger partial charge is 0.148 e. The molecule has 96 valence electrons. The van der Waals surface area contributed by atoms with Crippen LogP contribution >= 0.6 is 0 Å². The summed E-state index contributed by atoms with van der Waals surface area (Å²) in [4.78, 5) is 8.01. The molecule has 19 heavy (non-hydrogen) atoms. The molecule has 7 heteroatoms. The Morgan fingerprint density at radius 1 is 1.32 bits per heavy atom. The largest absolute Gasteiger partial charge is 0.340 e. The Bertz CT molecular complexity index is 649. The summed E-state index contributed by atoms with van der Waals surface area (Å²) in [6, 6.07) is 5.93. The number of hydrogen-bond donors (Lipinski definition) is 3. The topological polar surface area (TPSA) is 99.7 Å². The Morgan fingerprint density at radius 3 is 2.74 bits per heavy atom. The number of halogens is 1. The van der Waals surface area contributed by atoms with Gasteiger partial charge in [0.1, 0.15) is 29.8 Å². The van der Waals surface area contributed by atoms with Gasteiger partial charge in [-0.05, 0) is 25.1 Å². The van der Waals surface area contributed by atoms with Crippen molar-refractivity contribution >= 4 is 17.3 Å². The molecule has 1 heterocycles. The third-order valence-electron chi connectivity index (χ3n) is 2.57. The summed E-state index contributed by atoms with van der Waals surface area (Å²) < 4.78 is 13.2. The standard InChI is InChI=1S/C12H11FN6/c1-7-11(16-6-17-12(7)19-15)18-9-2-3-10(13)8(4-9)5-14/h2-4,6H,15H2,1H3,(H2,16,17,18,19). The molecule has 0 bridgehead atoms. The number of benzene rings is 1. The van der Waals surface area contributed by atoms with E-state index in [0.29, 0.717) is 22.9 Å². The summed E-state index contributed by atoms with van der Waals surface area (Å²) >= 11 is 0. The Morgan fingerprint density at radius 2 is 2.05 bits per heavy atom. The van der Waals surface area contributed by atoms with Gasteiger partial charge in [-0.3, -0.25) is 0 Å². The van der Waals surface area contributed by atoms with Gasteiger partial charge in [-0.15, -0.1) is 0 Å². The number of rotatable bonds is 3. The molecular weight excluding hydrogens is 247 g/mol. The first-order valence-electron chi connectivity index (χ1n) is 5.40. The van der Waals surface area contributed by atoms with Gasteiger partial charge in [-0.25, -0.2) is 20.2 Å². The molecule has 2 rings (SSSR count). The number of aromatic nitrogens is 2. The maximum absolute atomic E-state index is 13.2. The van der Waals surface area contributed by atoms with Crippen molar-refractivity contribution in [1.82, 2.24) is 9.97 Å². The van der Waals surface area contributed by atoms with Crippen molar-refractivity contribution in [3.05, 3.63) is 41.5 Å². The molecule has 1 aromatic heterocycles. The van der Waals surface area contributed by atoms with Gasteiger partial charge in [0.05, 0.1) is 5.56 Å². The van der Waals surface area contributed by atoms with E-state index >= 15 is 0 Å². The van der Waals surface area contributed by atoms with Gasteiger partial charge in [0.25, 0.3) is 0 Å². The van der Waals surface area contributed by atoms with Gasteiger partial charge in [-0.2, -0.15) is 5.26 Å². The van der Waals surface area contributed by atoms with E-state index < -0.39 is 5.82 Å². The summed E-state index contributed by atoms with van der Waals surface area (Å²) in [5.74, 6) is 5.77. The van der Waals surface area contributed by atoms with E-state index in [4.69, 9.17) is 11.1 Å². The van der Waals surface area contributed by atoms with Crippen LogP contribution in [0.15, 0.2) is 24.5 Å². The van der Waals surface area contributed by atoms with E-state index in [0.717, 1.165) is 0 Å². The van der Waals surface area contributed by atoms with Gasteiger partial charge in [0.15, 0.2) is 0 Å². The number of hydrazine groups is 1. The number of nitrogens with two attached hydrogens (primary N) is 1. The van der Waals surface area contributed by atoms with Gasteiger partial charge in [0.2, 0.25) is 0 Å². The minimum atomic E-state index is -0.559. The molecule has 0 aliphatic rings. The van der Waals surface area contributed by atoms with Crippen LogP contribution in [0.5, 0.6) is 0 Å². The van der Waals surface area contributed by atoms with Crippen molar-refractivity contribution in [2.75, 3.05) is 10.7 Å². The van der Waals surface area contributed by atoms with Crippen LogP contribution in [0.1, 0.15) is 11.1 Å². The summed E-state index contributed by atoms with van der Waals surface area (Å²) in [6.45, 7) is 1.78. The molecule has 0 radical (unpaired) electrons. The number of nitrogens with one attached hydrogen (secondary N) is 2. The van der Waals surface area contributed by atoms with Crippen LogP contribution in [0.4, 0.5) is 21.7 Å². The number of nitrogen functional groups attached to an aromatic ring is 1. The third kappa shape index (κ3) is 2.59. The highest BCUT2D eigenvalue weighted by molar-refractivity contribution is 5.65. The number of hydrogen-bond acceptors (Lipinski definition) is 6. The van der Waals surface area contributed by atoms with Crippen molar-refractivity contribution in [1.29, 1.82) is 5.26 Å². The maximum Gasteiger partial charge on any atom is 0.148 e. The Labute approximate surface area is 109 Å². The normalized spacial score (nSPS) is 9.79. The second-order valence-electron chi connectivity index (χ2n) is 3.77. The fraction of sp³-hybridized carbons (Fsp3) is 0.0833. The quantitative estimate of drug-likeness (QED) is 0.573. The lowest BCUT2D eigenvalue weighted by Gasteiger charge is -2.11. The van der Waals surface area contributed by atoms with Crippen molar-refractivity contribution in [3.63, 3.8) is 0 Å². The average molecular weight is 258 g/mol.